The summed E-state index contributed by atoms with van der Waals surface area (Å²) in [7, 11) is 0. The summed E-state index contributed by atoms with van der Waals surface area (Å²) < 4.78 is 5.87. The van der Waals surface area contributed by atoms with Crippen LogP contribution in [0.2, 0.25) is 0 Å². The number of aliphatic hydroxyl groups excluding tert-OH is 1. The van der Waals surface area contributed by atoms with Crippen LogP contribution in [0.5, 0.6) is 5.75 Å². The number of pyridine rings is 1. The lowest BCUT2D eigenvalue weighted by molar-refractivity contribution is -0.132. The van der Waals surface area contributed by atoms with Crippen molar-refractivity contribution >= 4 is 33.9 Å². The number of ketones is 1. The van der Waals surface area contributed by atoms with Gasteiger partial charge in [0, 0.05) is 18.0 Å². The van der Waals surface area contributed by atoms with Gasteiger partial charge >= 0.3 is 5.91 Å². The number of carbonyl (C=O) groups is 2. The number of aliphatic hydroxyl groups is 1. The number of carbonyl (C=O) groups excluding carboxylic acids is 2. The zero-order chi connectivity index (χ0) is 24.4. The van der Waals surface area contributed by atoms with E-state index in [1.165, 1.54) is 28.6 Å². The first-order chi connectivity index (χ1) is 17.0. The predicted octanol–water partition coefficient (Wildman–Crippen LogP) is 4.45. The monoisotopic (exact) mass is 484 g/mol. The van der Waals surface area contributed by atoms with Gasteiger partial charge < -0.3 is 9.84 Å². The van der Waals surface area contributed by atoms with Crippen molar-refractivity contribution in [1.29, 1.82) is 0 Å². The van der Waals surface area contributed by atoms with Gasteiger partial charge in [0.15, 0.2) is 0 Å². The highest BCUT2D eigenvalue weighted by molar-refractivity contribution is 7.15. The molecule has 2 aromatic carbocycles. The van der Waals surface area contributed by atoms with Crippen LogP contribution in [0.4, 0.5) is 5.13 Å². The average molecular weight is 485 g/mol. The molecule has 1 saturated heterocycles. The molecule has 1 atom stereocenters. The molecule has 1 unspecified atom stereocenters. The summed E-state index contributed by atoms with van der Waals surface area (Å²) in [6.45, 7) is 2.17. The van der Waals surface area contributed by atoms with Crippen molar-refractivity contribution < 1.29 is 19.4 Å². The Hall–Kier alpha value is -4.37. The summed E-state index contributed by atoms with van der Waals surface area (Å²) in [6, 6.07) is 19.2. The Morgan fingerprint density at radius 3 is 2.37 bits per heavy atom. The molecule has 0 saturated carbocycles. The number of amides is 1. The van der Waals surface area contributed by atoms with E-state index in [1.807, 2.05) is 30.3 Å². The summed E-state index contributed by atoms with van der Waals surface area (Å²) in [6.07, 6.45) is 3.01. The van der Waals surface area contributed by atoms with Crippen LogP contribution in [0.25, 0.3) is 5.76 Å². The summed E-state index contributed by atoms with van der Waals surface area (Å²) in [5.74, 6) is -1.20. The van der Waals surface area contributed by atoms with E-state index < -0.39 is 17.7 Å². The summed E-state index contributed by atoms with van der Waals surface area (Å²) in [5.41, 5.74) is 2.03. The van der Waals surface area contributed by atoms with Crippen LogP contribution in [-0.2, 0) is 16.2 Å². The molecule has 35 heavy (non-hydrogen) atoms. The van der Waals surface area contributed by atoms with E-state index >= 15 is 0 Å². The molecule has 0 bridgehead atoms. The van der Waals surface area contributed by atoms with Gasteiger partial charge in [0.25, 0.3) is 5.78 Å². The fourth-order valence-corrected chi connectivity index (χ4v) is 4.60. The largest absolute Gasteiger partial charge is 0.507 e. The average Bonchev–Trinajstić information content (AvgIpc) is 3.44. The van der Waals surface area contributed by atoms with Crippen molar-refractivity contribution in [1.82, 2.24) is 15.2 Å². The number of anilines is 1. The van der Waals surface area contributed by atoms with Crippen LogP contribution >= 0.6 is 11.3 Å². The number of aryl methyl sites for hydroxylation is 1. The summed E-state index contributed by atoms with van der Waals surface area (Å²) in [4.78, 5) is 31.5. The standard InChI is InChI=1S/C26H20N4O4S/c1-16-28-29-26(35-16)30-22(21(24(32)25(30)33)23(31)19-11-13-27-14-12-19)18-7-9-20(10-8-18)34-15-17-5-3-2-4-6-17/h2-14,22,31H,15H2,1H3/b23-21+. The highest BCUT2D eigenvalue weighted by Gasteiger charge is 2.48. The van der Waals surface area contributed by atoms with Gasteiger partial charge in [0.05, 0.1) is 11.6 Å². The zero-order valence-electron chi connectivity index (χ0n) is 18.7. The van der Waals surface area contributed by atoms with Crippen molar-refractivity contribution in [2.45, 2.75) is 19.6 Å². The van der Waals surface area contributed by atoms with Gasteiger partial charge in [-0.2, -0.15) is 0 Å². The number of hydrogen-bond acceptors (Lipinski definition) is 8. The minimum atomic E-state index is -0.876. The van der Waals surface area contributed by atoms with E-state index in [0.717, 1.165) is 5.56 Å². The van der Waals surface area contributed by atoms with Gasteiger partial charge in [-0.05, 0) is 42.3 Å². The molecule has 8 nitrogen and oxygen atoms in total. The molecule has 1 aliphatic rings. The normalized spacial score (nSPS) is 17.1. The second-order valence-electron chi connectivity index (χ2n) is 7.85. The van der Waals surface area contributed by atoms with Crippen LogP contribution in [0.3, 0.4) is 0 Å². The molecule has 0 aliphatic carbocycles. The van der Waals surface area contributed by atoms with Crippen LogP contribution < -0.4 is 9.64 Å². The second kappa shape index (κ2) is 9.47. The first kappa shape index (κ1) is 22.4. The molecule has 4 aromatic rings. The van der Waals surface area contributed by atoms with Crippen molar-refractivity contribution in [2.24, 2.45) is 0 Å². The number of Topliss-reactive ketones (excluding diaryl/α,β-unsaturated/α-hetero) is 1. The molecule has 1 N–H and O–H groups in total. The third-order valence-electron chi connectivity index (χ3n) is 5.56. The molecule has 1 aliphatic heterocycles. The highest BCUT2D eigenvalue weighted by Crippen LogP contribution is 2.43. The number of aromatic nitrogens is 3. The van der Waals surface area contributed by atoms with Crippen LogP contribution in [0.15, 0.2) is 84.7 Å². The van der Waals surface area contributed by atoms with Gasteiger partial charge in [-0.25, -0.2) is 0 Å². The SMILES string of the molecule is Cc1nnc(N2C(=O)C(=O)/C(=C(/O)c3ccncc3)C2c2ccc(OCc3ccccc3)cc2)s1. The van der Waals surface area contributed by atoms with Gasteiger partial charge in [-0.15, -0.1) is 10.2 Å². The number of hydrogen-bond donors (Lipinski definition) is 1. The molecule has 0 spiro atoms. The van der Waals surface area contributed by atoms with Crippen LogP contribution in [0.1, 0.15) is 27.7 Å². The molecule has 9 heteroatoms. The van der Waals surface area contributed by atoms with Crippen molar-refractivity contribution in [3.8, 4) is 5.75 Å². The minimum Gasteiger partial charge on any atom is -0.507 e. The zero-order valence-corrected chi connectivity index (χ0v) is 19.5. The van der Waals surface area contributed by atoms with E-state index in [-0.39, 0.29) is 16.5 Å². The summed E-state index contributed by atoms with van der Waals surface area (Å²) in [5, 5.41) is 20.1. The van der Waals surface area contributed by atoms with Crippen molar-refractivity contribution in [2.75, 3.05) is 4.90 Å². The molecule has 3 heterocycles. The predicted molar refractivity (Wildman–Crippen MR) is 131 cm³/mol. The fourth-order valence-electron chi connectivity index (χ4n) is 3.88. The maximum Gasteiger partial charge on any atom is 0.301 e. The van der Waals surface area contributed by atoms with E-state index in [2.05, 4.69) is 15.2 Å². The Bertz CT molecular complexity index is 1400. The number of ether oxygens (including phenoxy) is 1. The maximum absolute atomic E-state index is 13.1. The van der Waals surface area contributed by atoms with Gasteiger partial charge in [-0.3, -0.25) is 19.5 Å². The van der Waals surface area contributed by atoms with E-state index in [0.29, 0.717) is 28.5 Å². The molecule has 1 amide bonds. The second-order valence-corrected chi connectivity index (χ2v) is 9.01. The molecule has 0 radical (unpaired) electrons. The Morgan fingerprint density at radius 2 is 1.71 bits per heavy atom. The van der Waals surface area contributed by atoms with Crippen molar-refractivity contribution in [3.63, 3.8) is 0 Å². The molecule has 5 rings (SSSR count). The fraction of sp³-hybridized carbons (Fsp3) is 0.115. The quantitative estimate of drug-likeness (QED) is 0.245. The van der Waals surface area contributed by atoms with E-state index in [1.54, 1.807) is 43.3 Å². The Labute approximate surface area is 205 Å². The molecular weight excluding hydrogens is 464 g/mol. The third-order valence-corrected chi connectivity index (χ3v) is 6.40. The van der Waals surface area contributed by atoms with Crippen LogP contribution in [0, 0.1) is 6.92 Å². The van der Waals surface area contributed by atoms with Gasteiger partial charge in [0.1, 0.15) is 23.1 Å². The molecular formula is C26H20N4O4S. The van der Waals surface area contributed by atoms with Crippen molar-refractivity contribution in [3.05, 3.63) is 106 Å². The minimum absolute atomic E-state index is 0.0213. The number of rotatable bonds is 6. The number of nitrogens with zero attached hydrogens (tertiary/aromatic N) is 4. The molecule has 174 valence electrons. The number of benzene rings is 2. The lowest BCUT2D eigenvalue weighted by atomic mass is 9.95. The van der Waals surface area contributed by atoms with E-state index in [9.17, 15) is 14.7 Å². The Morgan fingerprint density at radius 1 is 1.00 bits per heavy atom. The topological polar surface area (TPSA) is 106 Å². The van der Waals surface area contributed by atoms with Gasteiger partial charge in [-0.1, -0.05) is 53.8 Å². The van der Waals surface area contributed by atoms with E-state index in [4.69, 9.17) is 4.74 Å². The smallest absolute Gasteiger partial charge is 0.301 e. The van der Waals surface area contributed by atoms with Crippen LogP contribution in [-0.4, -0.2) is 32.0 Å². The van der Waals surface area contributed by atoms with Gasteiger partial charge in [0.2, 0.25) is 5.13 Å². The highest BCUT2D eigenvalue weighted by atomic mass is 32.1. The first-order valence-corrected chi connectivity index (χ1v) is 11.6. The maximum atomic E-state index is 13.1. The lowest BCUT2D eigenvalue weighted by Gasteiger charge is -2.22. The first-order valence-electron chi connectivity index (χ1n) is 10.8. The Balaban J connectivity index is 1.54. The molecule has 2 aromatic heterocycles. The lowest BCUT2D eigenvalue weighted by Crippen LogP contribution is -2.29. The third kappa shape index (κ3) is 4.41. The summed E-state index contributed by atoms with van der Waals surface area (Å²) >= 11 is 1.20. The molecule has 1 fully saturated rings. The Kier molecular flexibility index (Phi) is 6.07.